The maximum atomic E-state index is 12.9. The zero-order valence-corrected chi connectivity index (χ0v) is 42.2. The van der Waals surface area contributed by atoms with Crippen molar-refractivity contribution in [3.8, 4) is 0 Å². The Balaban J connectivity index is 2.15. The molecule has 1 heterocycles. The van der Waals surface area contributed by atoms with Gasteiger partial charge in [-0.25, -0.2) is 0 Å². The van der Waals surface area contributed by atoms with Crippen molar-refractivity contribution in [3.63, 3.8) is 0 Å². The van der Waals surface area contributed by atoms with Crippen LogP contribution in [0.4, 0.5) is 0 Å². The van der Waals surface area contributed by atoms with Crippen LogP contribution in [0.2, 0.25) is 0 Å². The molecule has 9 nitrogen and oxygen atoms in total. The first-order chi connectivity index (χ1) is 31.9. The van der Waals surface area contributed by atoms with Gasteiger partial charge >= 0.3 is 5.97 Å². The summed E-state index contributed by atoms with van der Waals surface area (Å²) in [6.07, 6.45) is 51.9. The Morgan fingerprint density at radius 3 is 1.42 bits per heavy atom. The van der Waals surface area contributed by atoms with E-state index in [0.717, 1.165) is 57.8 Å². The van der Waals surface area contributed by atoms with Gasteiger partial charge in [0.15, 0.2) is 6.29 Å². The molecule has 1 aliphatic heterocycles. The summed E-state index contributed by atoms with van der Waals surface area (Å²) in [6.45, 7) is 4.48. The van der Waals surface area contributed by atoms with Crippen LogP contribution in [0.5, 0.6) is 0 Å². The highest BCUT2D eigenvalue weighted by Gasteiger charge is 2.44. The Morgan fingerprint density at radius 1 is 0.508 bits per heavy atom. The predicted molar refractivity (Wildman–Crippen MR) is 270 cm³/mol. The third kappa shape index (κ3) is 38.0. The molecule has 6 unspecified atom stereocenters. The molecular formula is C56H104O9. The molecule has 382 valence electrons. The van der Waals surface area contributed by atoms with Crippen molar-refractivity contribution in [1.29, 1.82) is 0 Å². The topological polar surface area (TPSA) is 135 Å². The molecule has 0 aromatic carbocycles. The van der Waals surface area contributed by atoms with Crippen LogP contribution < -0.4 is 0 Å². The summed E-state index contributed by atoms with van der Waals surface area (Å²) in [4.78, 5) is 12.9. The lowest BCUT2D eigenvalue weighted by Gasteiger charge is -2.39. The quantitative estimate of drug-likeness (QED) is 0.0267. The third-order valence-corrected chi connectivity index (χ3v) is 12.8. The highest BCUT2D eigenvalue weighted by atomic mass is 16.7. The first kappa shape index (κ1) is 61.4. The van der Waals surface area contributed by atoms with Gasteiger partial charge in [0.05, 0.1) is 19.8 Å². The molecule has 0 amide bonds. The first-order valence-corrected chi connectivity index (χ1v) is 27.6. The summed E-state index contributed by atoms with van der Waals surface area (Å²) >= 11 is 0. The van der Waals surface area contributed by atoms with Crippen LogP contribution in [0.25, 0.3) is 0 Å². The highest BCUT2D eigenvalue weighted by Crippen LogP contribution is 2.23. The minimum absolute atomic E-state index is 0.113. The number of allylic oxidation sites excluding steroid dienone is 6. The van der Waals surface area contributed by atoms with Gasteiger partial charge in [-0.05, 0) is 44.9 Å². The average Bonchev–Trinajstić information content (AvgIpc) is 3.31. The second-order valence-corrected chi connectivity index (χ2v) is 19.0. The van der Waals surface area contributed by atoms with Crippen LogP contribution in [0.1, 0.15) is 251 Å². The summed E-state index contributed by atoms with van der Waals surface area (Å²) in [5.74, 6) is -0.311. The van der Waals surface area contributed by atoms with E-state index in [-0.39, 0.29) is 19.2 Å². The lowest BCUT2D eigenvalue weighted by Crippen LogP contribution is -2.59. The van der Waals surface area contributed by atoms with Gasteiger partial charge in [0.2, 0.25) is 0 Å². The lowest BCUT2D eigenvalue weighted by molar-refractivity contribution is -0.305. The molecule has 9 heteroatoms. The average molecular weight is 921 g/mol. The zero-order valence-electron chi connectivity index (χ0n) is 42.2. The fourth-order valence-corrected chi connectivity index (χ4v) is 8.57. The number of hydrogen-bond donors (Lipinski definition) is 4. The molecule has 0 radical (unpaired) electrons. The SMILES string of the molecule is CC/C=C\C/C=C\C/C=C\CCCCCCCCCCOCC(COC1OC(CO)C(O)C(O)C1O)OC(=O)CCCCCCCCCCCCCCCCCCCCCCCCCC. The van der Waals surface area contributed by atoms with Crippen LogP contribution in [0.15, 0.2) is 36.5 Å². The van der Waals surface area contributed by atoms with Gasteiger partial charge in [-0.3, -0.25) is 4.79 Å². The second-order valence-electron chi connectivity index (χ2n) is 19.0. The van der Waals surface area contributed by atoms with Gasteiger partial charge in [0, 0.05) is 13.0 Å². The summed E-state index contributed by atoms with van der Waals surface area (Å²) < 4.78 is 22.9. The maximum absolute atomic E-state index is 12.9. The van der Waals surface area contributed by atoms with E-state index in [9.17, 15) is 25.2 Å². The summed E-state index contributed by atoms with van der Waals surface area (Å²) in [5.41, 5.74) is 0. The molecule has 1 fully saturated rings. The van der Waals surface area contributed by atoms with Gasteiger partial charge < -0.3 is 39.4 Å². The van der Waals surface area contributed by atoms with Gasteiger partial charge in [0.1, 0.15) is 30.5 Å². The predicted octanol–water partition coefficient (Wildman–Crippen LogP) is 13.9. The van der Waals surface area contributed by atoms with Gasteiger partial charge in [0.25, 0.3) is 0 Å². The molecule has 4 N–H and O–H groups in total. The fourth-order valence-electron chi connectivity index (χ4n) is 8.57. The second kappa shape index (κ2) is 47.5. The molecule has 0 spiro atoms. The number of carbonyl (C=O) groups is 1. The van der Waals surface area contributed by atoms with Crippen molar-refractivity contribution in [2.45, 2.75) is 288 Å². The van der Waals surface area contributed by atoms with Crippen molar-refractivity contribution in [1.82, 2.24) is 0 Å². The molecule has 0 aliphatic carbocycles. The molecule has 1 aliphatic rings. The Morgan fingerprint density at radius 2 is 0.938 bits per heavy atom. The smallest absolute Gasteiger partial charge is 0.306 e. The van der Waals surface area contributed by atoms with Gasteiger partial charge in [-0.1, -0.05) is 237 Å². The van der Waals surface area contributed by atoms with E-state index in [1.165, 1.54) is 173 Å². The monoisotopic (exact) mass is 921 g/mol. The number of carbonyl (C=O) groups excluding carboxylic acids is 1. The Kier molecular flexibility index (Phi) is 44.9. The number of esters is 1. The van der Waals surface area contributed by atoms with E-state index in [1.54, 1.807) is 0 Å². The molecule has 0 bridgehead atoms. The van der Waals surface area contributed by atoms with Crippen molar-refractivity contribution in [2.24, 2.45) is 0 Å². The molecule has 6 atom stereocenters. The number of unbranched alkanes of at least 4 members (excludes halogenated alkanes) is 31. The molecule has 1 rings (SSSR count). The van der Waals surface area contributed by atoms with E-state index in [2.05, 4.69) is 50.3 Å². The van der Waals surface area contributed by atoms with E-state index in [4.69, 9.17) is 18.9 Å². The Bertz CT molecular complexity index is 1090. The molecule has 0 saturated carbocycles. The molecular weight excluding hydrogens is 817 g/mol. The van der Waals surface area contributed by atoms with Crippen LogP contribution in [-0.4, -0.2) is 89.6 Å². The Labute approximate surface area is 400 Å². The number of aliphatic hydroxyl groups excluding tert-OH is 4. The number of hydrogen-bond acceptors (Lipinski definition) is 9. The lowest BCUT2D eigenvalue weighted by atomic mass is 9.99. The van der Waals surface area contributed by atoms with E-state index in [0.29, 0.717) is 13.0 Å². The van der Waals surface area contributed by atoms with Crippen molar-refractivity contribution in [2.75, 3.05) is 26.4 Å². The largest absolute Gasteiger partial charge is 0.457 e. The van der Waals surface area contributed by atoms with E-state index < -0.39 is 43.4 Å². The van der Waals surface area contributed by atoms with Crippen LogP contribution in [0, 0.1) is 0 Å². The number of rotatable bonds is 48. The minimum atomic E-state index is -1.54. The van der Waals surface area contributed by atoms with Crippen molar-refractivity contribution >= 4 is 5.97 Å². The molecule has 0 aromatic heterocycles. The fraction of sp³-hybridized carbons (Fsp3) is 0.875. The van der Waals surface area contributed by atoms with Crippen molar-refractivity contribution < 1.29 is 44.2 Å². The van der Waals surface area contributed by atoms with E-state index >= 15 is 0 Å². The first-order valence-electron chi connectivity index (χ1n) is 27.6. The minimum Gasteiger partial charge on any atom is -0.457 e. The van der Waals surface area contributed by atoms with Gasteiger partial charge in [-0.2, -0.15) is 0 Å². The van der Waals surface area contributed by atoms with Crippen LogP contribution in [-0.2, 0) is 23.7 Å². The molecule has 1 saturated heterocycles. The highest BCUT2D eigenvalue weighted by molar-refractivity contribution is 5.69. The normalized spacial score (nSPS) is 19.6. The molecule has 65 heavy (non-hydrogen) atoms. The zero-order chi connectivity index (χ0) is 47.1. The standard InChI is InChI=1S/C56H104O9/c1-3-5-7-9-11-13-15-17-19-21-23-24-25-26-27-28-29-31-33-35-37-39-41-43-45-52(58)64-50(49-63-56-55(61)54(60)53(59)51(47-57)65-56)48-62-46-44-42-40-38-36-34-32-30-22-20-18-16-14-12-10-8-6-4-2/h6,8,12,14,18,20,50-51,53-57,59-61H,3-5,7,9-11,13,15-17,19,21-49H2,1-2H3/b8-6-,14-12-,20-18-. The number of ether oxygens (including phenoxy) is 4. The summed E-state index contributed by atoms with van der Waals surface area (Å²) in [5, 5.41) is 40.3. The van der Waals surface area contributed by atoms with Gasteiger partial charge in [-0.15, -0.1) is 0 Å². The summed E-state index contributed by atoms with van der Waals surface area (Å²) in [7, 11) is 0. The maximum Gasteiger partial charge on any atom is 0.306 e. The number of aliphatic hydroxyl groups is 4. The van der Waals surface area contributed by atoms with Crippen LogP contribution >= 0.6 is 0 Å². The van der Waals surface area contributed by atoms with Crippen molar-refractivity contribution in [3.05, 3.63) is 36.5 Å². The summed E-state index contributed by atoms with van der Waals surface area (Å²) in [6, 6.07) is 0. The Hall–Kier alpha value is -1.59. The van der Waals surface area contributed by atoms with Crippen LogP contribution in [0.3, 0.4) is 0 Å². The molecule has 0 aromatic rings. The third-order valence-electron chi connectivity index (χ3n) is 12.8. The van der Waals surface area contributed by atoms with E-state index in [1.807, 2.05) is 0 Å².